The minimum Gasteiger partial charge on any atom is -0.502 e. The molecule has 48 heavy (non-hydrogen) atoms. The topological polar surface area (TPSA) is 54.0 Å². The zero-order valence-electron chi connectivity index (χ0n) is 30.8. The molecule has 0 amide bonds. The molecule has 0 radical (unpaired) electrons. The summed E-state index contributed by atoms with van der Waals surface area (Å²) in [5.41, 5.74) is 3.85. The van der Waals surface area contributed by atoms with Crippen LogP contribution in [0.1, 0.15) is 128 Å². The minimum absolute atomic E-state index is 0.0683. The van der Waals surface area contributed by atoms with Crippen molar-refractivity contribution in [1.29, 1.82) is 0 Å². The van der Waals surface area contributed by atoms with Crippen molar-refractivity contribution in [2.45, 2.75) is 124 Å². The predicted molar refractivity (Wildman–Crippen MR) is 195 cm³/mol. The van der Waals surface area contributed by atoms with Crippen LogP contribution in [0.2, 0.25) is 0 Å². The monoisotopic (exact) mass is 660 g/mol. The Morgan fingerprint density at radius 3 is 2.50 bits per heavy atom. The normalized spacial score (nSPS) is 31.5. The number of carbonyl (C=O) groups excluding carboxylic acids is 1. The molecule has 3 saturated carbocycles. The van der Waals surface area contributed by atoms with Gasteiger partial charge < -0.3 is 18.9 Å². The van der Waals surface area contributed by atoms with Gasteiger partial charge in [0.15, 0.2) is 0 Å². The highest BCUT2D eigenvalue weighted by Gasteiger charge is 2.59. The molecule has 5 nitrogen and oxygen atoms in total. The maximum absolute atomic E-state index is 13.5. The van der Waals surface area contributed by atoms with Gasteiger partial charge in [-0.05, 0) is 128 Å². The van der Waals surface area contributed by atoms with Crippen molar-refractivity contribution >= 4 is 5.97 Å². The molecule has 8 atom stereocenters. The van der Waals surface area contributed by atoms with Crippen LogP contribution in [-0.2, 0) is 20.6 Å². The van der Waals surface area contributed by atoms with Crippen LogP contribution in [0.15, 0.2) is 55.5 Å². The number of benzene rings is 1. The third kappa shape index (κ3) is 8.02. The molecule has 0 aromatic heterocycles. The largest absolute Gasteiger partial charge is 0.502 e. The first-order chi connectivity index (χ1) is 23.1. The van der Waals surface area contributed by atoms with Gasteiger partial charge in [0, 0.05) is 6.42 Å². The first-order valence-corrected chi connectivity index (χ1v) is 19.2. The smallest absolute Gasteiger partial charge is 0.338 e. The summed E-state index contributed by atoms with van der Waals surface area (Å²) in [5.74, 6) is 5.49. The molecule has 5 heteroatoms. The van der Waals surface area contributed by atoms with Gasteiger partial charge >= 0.3 is 5.97 Å². The van der Waals surface area contributed by atoms with Gasteiger partial charge in [-0.15, -0.1) is 0 Å². The summed E-state index contributed by atoms with van der Waals surface area (Å²) in [7, 11) is 0. The molecule has 4 aliphatic rings. The molecular weight excluding hydrogens is 596 g/mol. The molecule has 5 rings (SSSR count). The molecule has 3 fully saturated rings. The lowest BCUT2D eigenvalue weighted by molar-refractivity contribution is -0.0594. The summed E-state index contributed by atoms with van der Waals surface area (Å²) < 4.78 is 22.8. The lowest BCUT2D eigenvalue weighted by atomic mass is 9.47. The van der Waals surface area contributed by atoms with Gasteiger partial charge in [-0.25, -0.2) is 4.79 Å². The van der Waals surface area contributed by atoms with Crippen molar-refractivity contribution in [3.8, 4) is 5.75 Å². The maximum Gasteiger partial charge on any atom is 0.338 e. The van der Waals surface area contributed by atoms with E-state index in [4.69, 9.17) is 18.9 Å². The summed E-state index contributed by atoms with van der Waals surface area (Å²) in [4.78, 5) is 13.5. The van der Waals surface area contributed by atoms with Crippen LogP contribution in [0, 0.1) is 46.3 Å². The van der Waals surface area contributed by atoms with E-state index in [1.807, 2.05) is 18.2 Å². The Kier molecular flexibility index (Phi) is 12.5. The molecule has 4 aliphatic carbocycles. The Labute approximate surface area is 291 Å². The molecule has 0 aliphatic heterocycles. The second-order valence-corrected chi connectivity index (χ2v) is 16.4. The SMILES string of the molecule is C=COCCCc1cc(C(=O)OC2CCC3(C)C(=CCC4C3CCC3(C)C(C(C)CCCC(C)C)CCC43)C2)ccc1OCCOC=C. The van der Waals surface area contributed by atoms with Crippen molar-refractivity contribution in [1.82, 2.24) is 0 Å². The number of fused-ring (bicyclic) bond motifs is 5. The molecule has 0 N–H and O–H groups in total. The van der Waals surface area contributed by atoms with E-state index in [-0.39, 0.29) is 17.5 Å². The minimum atomic E-state index is -0.240. The second-order valence-electron chi connectivity index (χ2n) is 16.4. The molecule has 0 saturated heterocycles. The second kappa shape index (κ2) is 16.3. The third-order valence-electron chi connectivity index (χ3n) is 13.2. The standard InChI is InChI=1S/C43H64O5/c1-8-45-25-11-14-32-28-33(15-20-40(32)47-27-26-46-9-2)41(44)48-35-21-23-42(6)34(29-35)16-17-36-38-19-18-37(31(5)13-10-12-30(3)4)43(38,7)24-22-39(36)42/h8-9,15-16,20,28,30-31,35-39H,1-2,10-14,17-19,21-27,29H2,3-7H3. The van der Waals surface area contributed by atoms with E-state index in [2.05, 4.69) is 53.9 Å². The Morgan fingerprint density at radius 1 is 0.938 bits per heavy atom. The molecule has 0 spiro atoms. The summed E-state index contributed by atoms with van der Waals surface area (Å²) in [6, 6.07) is 5.63. The van der Waals surface area contributed by atoms with E-state index in [9.17, 15) is 4.79 Å². The van der Waals surface area contributed by atoms with Crippen LogP contribution in [0.4, 0.5) is 0 Å². The average molecular weight is 661 g/mol. The van der Waals surface area contributed by atoms with Crippen molar-refractivity contribution in [3.63, 3.8) is 0 Å². The lowest BCUT2D eigenvalue weighted by Gasteiger charge is -2.58. The van der Waals surface area contributed by atoms with Crippen LogP contribution in [0.3, 0.4) is 0 Å². The number of esters is 1. The van der Waals surface area contributed by atoms with E-state index in [1.54, 1.807) is 5.57 Å². The Hall–Kier alpha value is -2.69. The summed E-state index contributed by atoms with van der Waals surface area (Å²) in [6.07, 6.45) is 20.8. The Balaban J connectivity index is 1.21. The van der Waals surface area contributed by atoms with E-state index < -0.39 is 0 Å². The highest BCUT2D eigenvalue weighted by molar-refractivity contribution is 5.90. The van der Waals surface area contributed by atoms with E-state index in [0.29, 0.717) is 30.8 Å². The van der Waals surface area contributed by atoms with Crippen LogP contribution in [-0.4, -0.2) is 31.9 Å². The number of hydrogen-bond acceptors (Lipinski definition) is 5. The Morgan fingerprint density at radius 2 is 1.73 bits per heavy atom. The zero-order chi connectivity index (χ0) is 34.3. The van der Waals surface area contributed by atoms with Crippen molar-refractivity contribution in [2.75, 3.05) is 19.8 Å². The fourth-order valence-electron chi connectivity index (χ4n) is 10.7. The van der Waals surface area contributed by atoms with Crippen molar-refractivity contribution in [3.05, 3.63) is 66.7 Å². The van der Waals surface area contributed by atoms with E-state index >= 15 is 0 Å². The van der Waals surface area contributed by atoms with Crippen molar-refractivity contribution < 1.29 is 23.7 Å². The number of ether oxygens (including phenoxy) is 4. The number of rotatable bonds is 17. The fraction of sp³-hybridized carbons (Fsp3) is 0.698. The van der Waals surface area contributed by atoms with Crippen molar-refractivity contribution in [2.24, 2.45) is 46.3 Å². The van der Waals surface area contributed by atoms with Gasteiger partial charge in [-0.1, -0.05) is 78.7 Å². The number of aryl methyl sites for hydroxylation is 1. The zero-order valence-corrected chi connectivity index (χ0v) is 30.8. The van der Waals surface area contributed by atoms with E-state index in [1.165, 1.54) is 63.9 Å². The first kappa shape index (κ1) is 36.6. The fourth-order valence-corrected chi connectivity index (χ4v) is 10.7. The lowest BCUT2D eigenvalue weighted by Crippen LogP contribution is -2.51. The first-order valence-electron chi connectivity index (χ1n) is 19.2. The van der Waals surface area contributed by atoms with Gasteiger partial charge in [-0.2, -0.15) is 0 Å². The van der Waals surface area contributed by atoms with Gasteiger partial charge in [0.25, 0.3) is 0 Å². The van der Waals surface area contributed by atoms with E-state index in [0.717, 1.165) is 78.9 Å². The molecule has 1 aromatic carbocycles. The molecular formula is C43H64O5. The molecule has 0 heterocycles. The van der Waals surface area contributed by atoms with Gasteiger partial charge in [-0.3, -0.25) is 0 Å². The van der Waals surface area contributed by atoms with Gasteiger partial charge in [0.2, 0.25) is 0 Å². The summed E-state index contributed by atoms with van der Waals surface area (Å²) in [6.45, 7) is 21.1. The van der Waals surface area contributed by atoms with Crippen LogP contribution >= 0.6 is 0 Å². The maximum atomic E-state index is 13.5. The Bertz CT molecular complexity index is 1280. The molecule has 266 valence electrons. The molecule has 8 unspecified atom stereocenters. The van der Waals surface area contributed by atoms with Crippen LogP contribution < -0.4 is 4.74 Å². The van der Waals surface area contributed by atoms with Crippen LogP contribution in [0.5, 0.6) is 5.75 Å². The highest BCUT2D eigenvalue weighted by Crippen LogP contribution is 2.67. The van der Waals surface area contributed by atoms with Crippen LogP contribution in [0.25, 0.3) is 0 Å². The van der Waals surface area contributed by atoms with Gasteiger partial charge in [0.1, 0.15) is 25.1 Å². The van der Waals surface area contributed by atoms with Gasteiger partial charge in [0.05, 0.1) is 24.7 Å². The molecule has 1 aromatic rings. The number of hydrogen-bond donors (Lipinski definition) is 0. The summed E-state index contributed by atoms with van der Waals surface area (Å²) in [5, 5.41) is 0. The predicted octanol–water partition coefficient (Wildman–Crippen LogP) is 10.9. The average Bonchev–Trinajstić information content (AvgIpc) is 3.42. The highest BCUT2D eigenvalue weighted by atomic mass is 16.5. The number of carbonyl (C=O) groups is 1. The number of allylic oxidation sites excluding steroid dienone is 1. The third-order valence-corrected chi connectivity index (χ3v) is 13.2. The quantitative estimate of drug-likeness (QED) is 0.0720. The summed E-state index contributed by atoms with van der Waals surface area (Å²) >= 11 is 0. The molecule has 0 bridgehead atoms.